The second-order valence-corrected chi connectivity index (χ2v) is 5.00. The predicted octanol–water partition coefficient (Wildman–Crippen LogP) is 3.02. The average Bonchev–Trinajstić information content (AvgIpc) is 2.61. The van der Waals surface area contributed by atoms with Gasteiger partial charge in [0.15, 0.2) is 0 Å². The molecule has 18 heavy (non-hydrogen) atoms. The van der Waals surface area contributed by atoms with Crippen LogP contribution in [0.2, 0.25) is 0 Å². The van der Waals surface area contributed by atoms with Crippen molar-refractivity contribution in [3.8, 4) is 0 Å². The van der Waals surface area contributed by atoms with Crippen molar-refractivity contribution in [1.29, 1.82) is 0 Å². The highest BCUT2D eigenvalue weighted by Gasteiger charge is 2.24. The van der Waals surface area contributed by atoms with Crippen LogP contribution in [0.3, 0.4) is 0 Å². The van der Waals surface area contributed by atoms with E-state index in [1.54, 1.807) is 0 Å². The lowest BCUT2D eigenvalue weighted by Crippen LogP contribution is -2.21. The van der Waals surface area contributed by atoms with Crippen LogP contribution in [0, 0.1) is 12.8 Å². The van der Waals surface area contributed by atoms with Gasteiger partial charge in [-0.1, -0.05) is 26.0 Å². The number of carboxylic acid groups (broad SMARTS) is 1. The number of carbonyl (C=O) groups is 1. The van der Waals surface area contributed by atoms with Crippen molar-refractivity contribution >= 4 is 17.0 Å². The predicted molar refractivity (Wildman–Crippen MR) is 70.6 cm³/mol. The minimum Gasteiger partial charge on any atom is -0.480 e. The Balaban J connectivity index is 2.56. The van der Waals surface area contributed by atoms with Gasteiger partial charge in [-0.25, -0.2) is 9.78 Å². The Labute approximate surface area is 106 Å². The summed E-state index contributed by atoms with van der Waals surface area (Å²) in [5.41, 5.74) is 1.74. The van der Waals surface area contributed by atoms with Crippen LogP contribution in [0.5, 0.6) is 0 Å². The Morgan fingerprint density at radius 2 is 2.06 bits per heavy atom. The Morgan fingerprint density at radius 3 is 2.67 bits per heavy atom. The Hall–Kier alpha value is -1.84. The fraction of sp³-hybridized carbons (Fsp3) is 0.429. The summed E-state index contributed by atoms with van der Waals surface area (Å²) in [4.78, 5) is 15.9. The molecule has 0 radical (unpaired) electrons. The van der Waals surface area contributed by atoms with E-state index in [0.29, 0.717) is 12.3 Å². The number of nitrogens with zero attached hydrogens (tertiary/aromatic N) is 2. The summed E-state index contributed by atoms with van der Waals surface area (Å²) in [5, 5.41) is 9.43. The average molecular weight is 246 g/mol. The molecular formula is C14H18N2O2. The summed E-state index contributed by atoms with van der Waals surface area (Å²) in [6, 6.07) is 7.11. The zero-order valence-electron chi connectivity index (χ0n) is 10.9. The van der Waals surface area contributed by atoms with Crippen LogP contribution in [0.1, 0.15) is 32.1 Å². The molecule has 96 valence electrons. The summed E-state index contributed by atoms with van der Waals surface area (Å²) in [7, 11) is 0. The minimum atomic E-state index is -0.796. The third-order valence-corrected chi connectivity index (χ3v) is 3.06. The van der Waals surface area contributed by atoms with E-state index in [1.165, 1.54) is 0 Å². The van der Waals surface area contributed by atoms with Gasteiger partial charge >= 0.3 is 5.97 Å². The van der Waals surface area contributed by atoms with Gasteiger partial charge in [-0.05, 0) is 31.4 Å². The monoisotopic (exact) mass is 246 g/mol. The largest absolute Gasteiger partial charge is 0.480 e. The van der Waals surface area contributed by atoms with Crippen LogP contribution in [-0.2, 0) is 4.79 Å². The highest BCUT2D eigenvalue weighted by Crippen LogP contribution is 2.25. The maximum atomic E-state index is 11.5. The molecular weight excluding hydrogens is 228 g/mol. The van der Waals surface area contributed by atoms with Gasteiger partial charge in [-0.15, -0.1) is 0 Å². The first-order valence-electron chi connectivity index (χ1n) is 6.17. The molecule has 0 saturated heterocycles. The molecule has 2 aromatic rings. The molecule has 0 aliphatic carbocycles. The summed E-state index contributed by atoms with van der Waals surface area (Å²) in [6.45, 7) is 5.92. The third kappa shape index (κ3) is 2.23. The van der Waals surface area contributed by atoms with Gasteiger partial charge in [0, 0.05) is 0 Å². The maximum absolute atomic E-state index is 11.5. The first-order valence-corrected chi connectivity index (χ1v) is 6.17. The number of aliphatic carboxylic acids is 1. The van der Waals surface area contributed by atoms with Crippen LogP contribution >= 0.6 is 0 Å². The quantitative estimate of drug-likeness (QED) is 0.902. The number of aromatic nitrogens is 2. The van der Waals surface area contributed by atoms with E-state index in [1.807, 2.05) is 49.6 Å². The van der Waals surface area contributed by atoms with Crippen molar-refractivity contribution in [2.24, 2.45) is 5.92 Å². The summed E-state index contributed by atoms with van der Waals surface area (Å²) >= 11 is 0. The van der Waals surface area contributed by atoms with E-state index < -0.39 is 12.0 Å². The Bertz CT molecular complexity index is 572. The Kier molecular flexibility index (Phi) is 3.36. The number of para-hydroxylation sites is 2. The van der Waals surface area contributed by atoms with Gasteiger partial charge in [0.2, 0.25) is 0 Å². The zero-order valence-corrected chi connectivity index (χ0v) is 10.9. The van der Waals surface area contributed by atoms with Crippen molar-refractivity contribution in [2.75, 3.05) is 0 Å². The summed E-state index contributed by atoms with van der Waals surface area (Å²) in [5.74, 6) is 0.283. The van der Waals surface area contributed by atoms with E-state index >= 15 is 0 Å². The molecule has 0 amide bonds. The fourth-order valence-corrected chi connectivity index (χ4v) is 2.32. The van der Waals surface area contributed by atoms with Crippen LogP contribution in [0.15, 0.2) is 24.3 Å². The van der Waals surface area contributed by atoms with Crippen LogP contribution in [-0.4, -0.2) is 20.6 Å². The second kappa shape index (κ2) is 4.80. The number of imidazole rings is 1. The maximum Gasteiger partial charge on any atom is 0.326 e. The molecule has 1 atom stereocenters. The molecule has 0 unspecified atom stereocenters. The molecule has 0 bridgehead atoms. The first kappa shape index (κ1) is 12.6. The second-order valence-electron chi connectivity index (χ2n) is 5.00. The molecule has 0 aliphatic heterocycles. The number of hydrogen-bond acceptors (Lipinski definition) is 2. The molecule has 0 saturated carbocycles. The molecule has 0 fully saturated rings. The van der Waals surface area contributed by atoms with E-state index in [4.69, 9.17) is 0 Å². The molecule has 4 nitrogen and oxygen atoms in total. The van der Waals surface area contributed by atoms with Crippen molar-refractivity contribution in [2.45, 2.75) is 33.2 Å². The topological polar surface area (TPSA) is 55.1 Å². The molecule has 1 aromatic heterocycles. The standard InChI is InChI=1S/C14H18N2O2/c1-9(2)8-13(14(17)18)16-10(3)15-11-6-4-5-7-12(11)16/h4-7,9,13H,8H2,1-3H3,(H,17,18)/t13-/m1/s1. The molecule has 2 rings (SSSR count). The molecule has 1 heterocycles. The van der Waals surface area contributed by atoms with Crippen LogP contribution in [0.25, 0.3) is 11.0 Å². The van der Waals surface area contributed by atoms with Crippen LogP contribution < -0.4 is 0 Å². The molecule has 4 heteroatoms. The van der Waals surface area contributed by atoms with Gasteiger partial charge < -0.3 is 9.67 Å². The number of rotatable bonds is 4. The van der Waals surface area contributed by atoms with Gasteiger partial charge in [0.25, 0.3) is 0 Å². The molecule has 0 spiro atoms. The van der Waals surface area contributed by atoms with E-state index in [9.17, 15) is 9.90 Å². The highest BCUT2D eigenvalue weighted by atomic mass is 16.4. The van der Waals surface area contributed by atoms with Crippen molar-refractivity contribution in [1.82, 2.24) is 9.55 Å². The van der Waals surface area contributed by atoms with Crippen LogP contribution in [0.4, 0.5) is 0 Å². The van der Waals surface area contributed by atoms with Gasteiger partial charge in [-0.2, -0.15) is 0 Å². The number of aryl methyl sites for hydroxylation is 1. The number of benzene rings is 1. The Morgan fingerprint density at radius 1 is 1.39 bits per heavy atom. The van der Waals surface area contributed by atoms with Gasteiger partial charge in [0.1, 0.15) is 11.9 Å². The lowest BCUT2D eigenvalue weighted by atomic mass is 10.0. The molecule has 1 N–H and O–H groups in total. The fourth-order valence-electron chi connectivity index (χ4n) is 2.32. The van der Waals surface area contributed by atoms with Gasteiger partial charge in [-0.3, -0.25) is 0 Å². The van der Waals surface area contributed by atoms with E-state index in [2.05, 4.69) is 4.98 Å². The van der Waals surface area contributed by atoms with Crippen molar-refractivity contribution in [3.05, 3.63) is 30.1 Å². The lowest BCUT2D eigenvalue weighted by Gasteiger charge is -2.18. The first-order chi connectivity index (χ1) is 8.50. The number of hydrogen-bond donors (Lipinski definition) is 1. The third-order valence-electron chi connectivity index (χ3n) is 3.06. The van der Waals surface area contributed by atoms with Crippen molar-refractivity contribution < 1.29 is 9.90 Å². The number of carboxylic acids is 1. The molecule has 1 aromatic carbocycles. The number of fused-ring (bicyclic) bond motifs is 1. The van der Waals surface area contributed by atoms with Gasteiger partial charge in [0.05, 0.1) is 11.0 Å². The van der Waals surface area contributed by atoms with Crippen molar-refractivity contribution in [3.63, 3.8) is 0 Å². The lowest BCUT2D eigenvalue weighted by molar-refractivity contribution is -0.141. The van der Waals surface area contributed by atoms with E-state index in [0.717, 1.165) is 16.9 Å². The zero-order chi connectivity index (χ0) is 13.3. The minimum absolute atomic E-state index is 0.326. The SMILES string of the molecule is Cc1nc2ccccc2n1[C@H](CC(C)C)C(=O)O. The van der Waals surface area contributed by atoms with E-state index in [-0.39, 0.29) is 0 Å². The summed E-state index contributed by atoms with van der Waals surface area (Å²) in [6.07, 6.45) is 0.608. The molecule has 0 aliphatic rings. The highest BCUT2D eigenvalue weighted by molar-refractivity contribution is 5.80. The summed E-state index contributed by atoms with van der Waals surface area (Å²) < 4.78 is 1.83. The normalized spacial score (nSPS) is 13.1. The smallest absolute Gasteiger partial charge is 0.326 e.